The van der Waals surface area contributed by atoms with E-state index in [1.807, 2.05) is 0 Å². The summed E-state index contributed by atoms with van der Waals surface area (Å²) in [5.74, 6) is -0.243. The third-order valence-corrected chi connectivity index (χ3v) is 7.51. The van der Waals surface area contributed by atoms with E-state index in [0.717, 1.165) is 37.3 Å². The maximum absolute atomic E-state index is 12.6. The number of esters is 1. The second kappa shape index (κ2) is 8.51. The molecule has 1 N–H and O–H groups in total. The van der Waals surface area contributed by atoms with Crippen LogP contribution >= 0.6 is 11.3 Å². The first-order valence-corrected chi connectivity index (χ1v) is 11.2. The Morgan fingerprint density at radius 3 is 3.00 bits per heavy atom. The molecule has 1 aliphatic heterocycles. The molecule has 2 aromatic rings. The number of likely N-dealkylation sites (N-methyl/N-ethyl adjacent to an activating group) is 1. The lowest BCUT2D eigenvalue weighted by Crippen LogP contribution is -2.39. The monoisotopic (exact) mass is 413 g/mol. The minimum absolute atomic E-state index is 0.0590. The summed E-state index contributed by atoms with van der Waals surface area (Å²) in [4.78, 5) is 14.5. The molecule has 1 fully saturated rings. The molecule has 0 aromatic carbocycles. The van der Waals surface area contributed by atoms with Crippen LogP contribution in [0.3, 0.4) is 0 Å². The van der Waals surface area contributed by atoms with Crippen molar-refractivity contribution in [1.82, 2.24) is 14.8 Å². The van der Waals surface area contributed by atoms with Gasteiger partial charge in [0, 0.05) is 18.7 Å². The highest BCUT2D eigenvalue weighted by molar-refractivity contribution is 7.91. The number of hydrogen-bond acceptors (Lipinski definition) is 8. The zero-order valence-corrected chi connectivity index (χ0v) is 16.9. The van der Waals surface area contributed by atoms with Gasteiger partial charge >= 0.3 is 5.97 Å². The van der Waals surface area contributed by atoms with Crippen LogP contribution in [0.2, 0.25) is 0 Å². The average molecular weight is 414 g/mol. The van der Waals surface area contributed by atoms with Crippen LogP contribution in [0.25, 0.3) is 10.6 Å². The van der Waals surface area contributed by atoms with Gasteiger partial charge in [-0.15, -0.1) is 11.3 Å². The van der Waals surface area contributed by atoms with Gasteiger partial charge in [0.1, 0.15) is 4.21 Å². The molecule has 0 saturated carbocycles. The summed E-state index contributed by atoms with van der Waals surface area (Å²) in [5.41, 5.74) is 0.0590. The summed E-state index contributed by atoms with van der Waals surface area (Å²) in [6.45, 7) is 6.36. The van der Waals surface area contributed by atoms with Crippen molar-refractivity contribution in [3.05, 3.63) is 23.9 Å². The van der Waals surface area contributed by atoms with Crippen LogP contribution in [-0.2, 0) is 14.8 Å². The number of carbonyl (C=O) groups is 1. The van der Waals surface area contributed by atoms with Crippen molar-refractivity contribution in [3.63, 3.8) is 0 Å². The number of rotatable bonds is 8. The van der Waals surface area contributed by atoms with Crippen molar-refractivity contribution in [2.75, 3.05) is 26.2 Å². The molecule has 1 saturated heterocycles. The Bertz CT molecular complexity index is 890. The van der Waals surface area contributed by atoms with Gasteiger partial charge in [-0.25, -0.2) is 17.9 Å². The van der Waals surface area contributed by atoms with Crippen molar-refractivity contribution < 1.29 is 22.5 Å². The highest BCUT2D eigenvalue weighted by Crippen LogP contribution is 2.31. The van der Waals surface area contributed by atoms with Gasteiger partial charge in [-0.3, -0.25) is 4.90 Å². The first-order valence-electron chi connectivity index (χ1n) is 8.92. The van der Waals surface area contributed by atoms with E-state index in [2.05, 4.69) is 21.7 Å². The number of likely N-dealkylation sites (tertiary alicyclic amines) is 1. The molecule has 0 radical (unpaired) electrons. The van der Waals surface area contributed by atoms with E-state index in [0.29, 0.717) is 17.2 Å². The van der Waals surface area contributed by atoms with Gasteiger partial charge < -0.3 is 9.26 Å². The SMILES string of the molecule is CCOC(=O)c1cc(-c2ccc(S(=O)(=O)NCC3CCCN3CC)s2)on1. The normalized spacial score (nSPS) is 18.1. The van der Waals surface area contributed by atoms with Crippen LogP contribution in [0, 0.1) is 0 Å². The lowest BCUT2D eigenvalue weighted by atomic mass is 10.2. The minimum Gasteiger partial charge on any atom is -0.461 e. The fourth-order valence-electron chi connectivity index (χ4n) is 3.11. The van der Waals surface area contributed by atoms with E-state index in [1.54, 1.807) is 13.0 Å². The molecule has 1 atom stereocenters. The molecule has 8 nitrogen and oxygen atoms in total. The summed E-state index contributed by atoms with van der Waals surface area (Å²) in [6, 6.07) is 4.86. The second-order valence-electron chi connectivity index (χ2n) is 6.19. The van der Waals surface area contributed by atoms with Gasteiger partial charge in [-0.05, 0) is 45.0 Å². The maximum Gasteiger partial charge on any atom is 0.360 e. The average Bonchev–Trinajstić information content (AvgIpc) is 3.39. The summed E-state index contributed by atoms with van der Waals surface area (Å²) in [6.07, 6.45) is 2.10. The lowest BCUT2D eigenvalue weighted by molar-refractivity contribution is 0.0514. The topological polar surface area (TPSA) is 102 Å². The standard InChI is InChI=1S/C17H23N3O5S2/c1-3-20-9-5-6-12(20)11-18-27(22,23)16-8-7-15(26-16)14-10-13(19-25-14)17(21)24-4-2/h7-8,10,12,18H,3-6,9,11H2,1-2H3. The smallest absolute Gasteiger partial charge is 0.360 e. The molecule has 148 valence electrons. The van der Waals surface area contributed by atoms with Gasteiger partial charge in [-0.1, -0.05) is 12.1 Å². The van der Waals surface area contributed by atoms with Crippen LogP contribution < -0.4 is 4.72 Å². The van der Waals surface area contributed by atoms with Crippen molar-refractivity contribution in [1.29, 1.82) is 0 Å². The third-order valence-electron chi connectivity index (χ3n) is 4.50. The molecular formula is C17H23N3O5S2. The first kappa shape index (κ1) is 20.0. The van der Waals surface area contributed by atoms with Gasteiger partial charge in [0.25, 0.3) is 0 Å². The molecule has 3 rings (SSSR count). The third kappa shape index (κ3) is 4.57. The number of sulfonamides is 1. The molecule has 0 spiro atoms. The van der Waals surface area contributed by atoms with E-state index in [4.69, 9.17) is 9.26 Å². The van der Waals surface area contributed by atoms with Gasteiger partial charge in [0.15, 0.2) is 11.5 Å². The van der Waals surface area contributed by atoms with Crippen LogP contribution in [0.5, 0.6) is 0 Å². The Balaban J connectivity index is 1.68. The highest BCUT2D eigenvalue weighted by Gasteiger charge is 2.26. The summed E-state index contributed by atoms with van der Waals surface area (Å²) >= 11 is 1.07. The predicted molar refractivity (Wildman–Crippen MR) is 101 cm³/mol. The fourth-order valence-corrected chi connectivity index (χ4v) is 5.48. The number of thiophene rings is 1. The predicted octanol–water partition coefficient (Wildman–Crippen LogP) is 2.34. The lowest BCUT2D eigenvalue weighted by Gasteiger charge is -2.22. The molecule has 1 unspecified atom stereocenters. The molecule has 0 bridgehead atoms. The summed E-state index contributed by atoms with van der Waals surface area (Å²) < 4.78 is 38.1. The summed E-state index contributed by atoms with van der Waals surface area (Å²) in [5, 5.41) is 3.68. The van der Waals surface area contributed by atoms with Crippen LogP contribution in [0.4, 0.5) is 0 Å². The number of aromatic nitrogens is 1. The first-order chi connectivity index (χ1) is 12.9. The fraction of sp³-hybridized carbons (Fsp3) is 0.529. The minimum atomic E-state index is -3.60. The van der Waals surface area contributed by atoms with Gasteiger partial charge in [0.2, 0.25) is 10.0 Å². The molecule has 10 heteroatoms. The Kier molecular flexibility index (Phi) is 6.30. The molecule has 0 amide bonds. The van der Waals surface area contributed by atoms with E-state index >= 15 is 0 Å². The van der Waals surface area contributed by atoms with Crippen LogP contribution in [0.15, 0.2) is 26.9 Å². The second-order valence-corrected chi connectivity index (χ2v) is 9.27. The highest BCUT2D eigenvalue weighted by atomic mass is 32.2. The number of ether oxygens (including phenoxy) is 1. The van der Waals surface area contributed by atoms with Crippen LogP contribution in [-0.4, -0.2) is 56.7 Å². The maximum atomic E-state index is 12.6. The van der Waals surface area contributed by atoms with Crippen molar-refractivity contribution in [2.45, 2.75) is 36.9 Å². The Hall–Kier alpha value is -1.75. The van der Waals surface area contributed by atoms with Crippen molar-refractivity contribution in [2.24, 2.45) is 0 Å². The largest absolute Gasteiger partial charge is 0.461 e. The Morgan fingerprint density at radius 2 is 2.26 bits per heavy atom. The molecule has 2 aromatic heterocycles. The van der Waals surface area contributed by atoms with Gasteiger partial charge in [0.05, 0.1) is 11.5 Å². The number of nitrogens with zero attached hydrogens (tertiary/aromatic N) is 2. The van der Waals surface area contributed by atoms with E-state index < -0.39 is 16.0 Å². The molecule has 1 aliphatic rings. The Morgan fingerprint density at radius 1 is 1.44 bits per heavy atom. The van der Waals surface area contributed by atoms with E-state index in [1.165, 1.54) is 12.1 Å². The number of carbonyl (C=O) groups excluding carboxylic acids is 1. The van der Waals surface area contributed by atoms with Crippen molar-refractivity contribution >= 4 is 27.3 Å². The molecule has 0 aliphatic carbocycles. The quantitative estimate of drug-likeness (QED) is 0.663. The molecular weight excluding hydrogens is 390 g/mol. The molecule has 27 heavy (non-hydrogen) atoms. The van der Waals surface area contributed by atoms with Gasteiger partial charge in [-0.2, -0.15) is 0 Å². The van der Waals surface area contributed by atoms with Crippen LogP contribution in [0.1, 0.15) is 37.2 Å². The summed E-state index contributed by atoms with van der Waals surface area (Å²) in [7, 11) is -3.60. The zero-order valence-electron chi connectivity index (χ0n) is 15.3. The zero-order chi connectivity index (χ0) is 19.4. The number of hydrogen-bond donors (Lipinski definition) is 1. The molecule has 3 heterocycles. The Labute approximate surface area is 162 Å². The van der Waals surface area contributed by atoms with E-state index in [-0.39, 0.29) is 22.6 Å². The van der Waals surface area contributed by atoms with E-state index in [9.17, 15) is 13.2 Å². The van der Waals surface area contributed by atoms with Crippen molar-refractivity contribution in [3.8, 4) is 10.6 Å². The number of nitrogens with one attached hydrogen (secondary N) is 1.